The summed E-state index contributed by atoms with van der Waals surface area (Å²) in [4.78, 5) is 4.02. The number of hydrogen-bond donors (Lipinski definition) is 2. The number of aliphatic imine (C=N–C) groups is 1. The number of hydrogen-bond acceptors (Lipinski definition) is 2. The van der Waals surface area contributed by atoms with Crippen LogP contribution in [0.25, 0.3) is 0 Å². The third-order valence-corrected chi connectivity index (χ3v) is 3.25. The molecule has 0 fully saturated rings. The van der Waals surface area contributed by atoms with Crippen LogP contribution in [0.4, 0.5) is 13.2 Å². The minimum atomic E-state index is -3.01. The molecule has 0 saturated carbocycles. The monoisotopic (exact) mass is 465 g/mol. The molecule has 0 heterocycles. The Morgan fingerprint density at radius 2 is 1.72 bits per heavy atom. The number of alkyl halides is 2. The predicted octanol–water partition coefficient (Wildman–Crippen LogP) is 3.91. The van der Waals surface area contributed by atoms with Crippen molar-refractivity contribution in [3.63, 3.8) is 0 Å². The molecular formula is C17H19F3IN3O. The van der Waals surface area contributed by atoms with Crippen LogP contribution in [0, 0.1) is 5.82 Å². The average molecular weight is 465 g/mol. The second kappa shape index (κ2) is 10.8. The van der Waals surface area contributed by atoms with E-state index in [0.717, 1.165) is 5.56 Å². The molecule has 0 bridgehead atoms. The summed E-state index contributed by atoms with van der Waals surface area (Å²) in [6, 6.07) is 13.5. The van der Waals surface area contributed by atoms with E-state index in [2.05, 4.69) is 20.4 Å². The molecule has 0 atom stereocenters. The minimum Gasteiger partial charge on any atom is -0.434 e. The lowest BCUT2D eigenvalue weighted by atomic mass is 10.2. The number of benzene rings is 2. The summed E-state index contributed by atoms with van der Waals surface area (Å²) in [5.41, 5.74) is 1.06. The molecule has 0 spiro atoms. The zero-order chi connectivity index (χ0) is 17.4. The maximum Gasteiger partial charge on any atom is 0.387 e. The maximum atomic E-state index is 13.9. The second-order valence-electron chi connectivity index (χ2n) is 4.86. The Bertz CT molecular complexity index is 684. The van der Waals surface area contributed by atoms with Crippen molar-refractivity contribution in [1.29, 1.82) is 0 Å². The normalized spacial score (nSPS) is 11.0. The lowest BCUT2D eigenvalue weighted by molar-refractivity contribution is -0.0506. The zero-order valence-corrected chi connectivity index (χ0v) is 15.8. The van der Waals surface area contributed by atoms with Crippen molar-refractivity contribution in [3.05, 3.63) is 65.5 Å². The Morgan fingerprint density at radius 3 is 2.36 bits per heavy atom. The zero-order valence-electron chi connectivity index (χ0n) is 13.5. The van der Waals surface area contributed by atoms with Crippen LogP contribution in [-0.2, 0) is 13.1 Å². The highest BCUT2D eigenvalue weighted by Crippen LogP contribution is 2.23. The number of nitrogens with zero attached hydrogens (tertiary/aromatic N) is 1. The van der Waals surface area contributed by atoms with Gasteiger partial charge in [0.2, 0.25) is 0 Å². The van der Waals surface area contributed by atoms with Gasteiger partial charge in [0, 0.05) is 25.7 Å². The molecule has 0 aliphatic rings. The quantitative estimate of drug-likeness (QED) is 0.387. The fourth-order valence-electron chi connectivity index (χ4n) is 2.09. The molecule has 2 aromatic rings. The first-order valence-corrected chi connectivity index (χ1v) is 7.30. The van der Waals surface area contributed by atoms with Gasteiger partial charge in [-0.2, -0.15) is 8.78 Å². The molecule has 25 heavy (non-hydrogen) atoms. The van der Waals surface area contributed by atoms with Crippen LogP contribution in [0.2, 0.25) is 0 Å². The summed E-state index contributed by atoms with van der Waals surface area (Å²) in [6.45, 7) is -2.53. The van der Waals surface area contributed by atoms with Gasteiger partial charge < -0.3 is 15.4 Å². The number of ether oxygens (including phenoxy) is 1. The Morgan fingerprint density at radius 1 is 1.04 bits per heavy atom. The average Bonchev–Trinajstić information content (AvgIpc) is 2.57. The second-order valence-corrected chi connectivity index (χ2v) is 4.86. The molecule has 0 aliphatic carbocycles. The molecule has 0 aliphatic heterocycles. The van der Waals surface area contributed by atoms with Crippen molar-refractivity contribution in [3.8, 4) is 5.75 Å². The topological polar surface area (TPSA) is 45.7 Å². The Hall–Kier alpha value is -1.97. The van der Waals surface area contributed by atoms with Gasteiger partial charge in [-0.05, 0) is 17.7 Å². The smallest absolute Gasteiger partial charge is 0.387 e. The molecule has 0 amide bonds. The van der Waals surface area contributed by atoms with Gasteiger partial charge in [0.1, 0.15) is 11.6 Å². The van der Waals surface area contributed by atoms with Crippen molar-refractivity contribution in [2.75, 3.05) is 7.05 Å². The van der Waals surface area contributed by atoms with E-state index < -0.39 is 12.4 Å². The third-order valence-electron chi connectivity index (χ3n) is 3.25. The third kappa shape index (κ3) is 6.81. The van der Waals surface area contributed by atoms with Gasteiger partial charge in [-0.25, -0.2) is 4.39 Å². The lowest BCUT2D eigenvalue weighted by Crippen LogP contribution is -2.36. The SMILES string of the molecule is CN=C(NCc1ccccc1)NCc1c(F)cccc1OC(F)F.I. The van der Waals surface area contributed by atoms with E-state index >= 15 is 0 Å². The molecule has 2 aromatic carbocycles. The minimum absolute atomic E-state index is 0. The summed E-state index contributed by atoms with van der Waals surface area (Å²) in [7, 11) is 1.57. The number of halogens is 4. The van der Waals surface area contributed by atoms with Crippen LogP contribution < -0.4 is 15.4 Å². The summed E-state index contributed by atoms with van der Waals surface area (Å²) in [6.07, 6.45) is 0. The van der Waals surface area contributed by atoms with Crippen LogP contribution in [-0.4, -0.2) is 19.6 Å². The van der Waals surface area contributed by atoms with Crippen molar-refractivity contribution in [2.45, 2.75) is 19.7 Å². The highest BCUT2D eigenvalue weighted by molar-refractivity contribution is 14.0. The van der Waals surface area contributed by atoms with Crippen molar-refractivity contribution in [1.82, 2.24) is 10.6 Å². The van der Waals surface area contributed by atoms with Crippen LogP contribution >= 0.6 is 24.0 Å². The highest BCUT2D eigenvalue weighted by Gasteiger charge is 2.14. The first-order valence-electron chi connectivity index (χ1n) is 7.30. The molecule has 136 valence electrons. The van der Waals surface area contributed by atoms with Gasteiger partial charge in [-0.3, -0.25) is 4.99 Å². The van der Waals surface area contributed by atoms with Crippen LogP contribution in [0.1, 0.15) is 11.1 Å². The number of guanidine groups is 1. The van der Waals surface area contributed by atoms with Gasteiger partial charge in [-0.1, -0.05) is 36.4 Å². The molecule has 0 saturated heterocycles. The fourth-order valence-corrected chi connectivity index (χ4v) is 2.09. The van der Waals surface area contributed by atoms with E-state index in [9.17, 15) is 13.2 Å². The van der Waals surface area contributed by atoms with Crippen LogP contribution in [0.3, 0.4) is 0 Å². The summed E-state index contributed by atoms with van der Waals surface area (Å²) < 4.78 is 43.0. The van der Waals surface area contributed by atoms with E-state index in [1.807, 2.05) is 30.3 Å². The van der Waals surface area contributed by atoms with E-state index in [1.165, 1.54) is 18.2 Å². The van der Waals surface area contributed by atoms with Crippen LogP contribution in [0.15, 0.2) is 53.5 Å². The van der Waals surface area contributed by atoms with Gasteiger partial charge in [0.15, 0.2) is 5.96 Å². The maximum absolute atomic E-state index is 13.9. The standard InChI is InChI=1S/C17H18F3N3O.HI/c1-21-17(22-10-12-6-3-2-4-7-12)23-11-13-14(18)8-5-9-15(13)24-16(19)20;/h2-9,16H,10-11H2,1H3,(H2,21,22,23);1H. The van der Waals surface area contributed by atoms with Gasteiger partial charge in [0.25, 0.3) is 0 Å². The number of nitrogens with one attached hydrogen (secondary N) is 2. The molecule has 8 heteroatoms. The first-order chi connectivity index (χ1) is 11.6. The Kier molecular flexibility index (Phi) is 9.11. The van der Waals surface area contributed by atoms with Crippen molar-refractivity contribution in [2.24, 2.45) is 4.99 Å². The van der Waals surface area contributed by atoms with Gasteiger partial charge in [0.05, 0.1) is 0 Å². The lowest BCUT2D eigenvalue weighted by Gasteiger charge is -2.15. The molecule has 0 radical (unpaired) electrons. The van der Waals surface area contributed by atoms with E-state index in [4.69, 9.17) is 0 Å². The molecule has 2 rings (SSSR count). The summed E-state index contributed by atoms with van der Waals surface area (Å²) >= 11 is 0. The fraction of sp³-hybridized carbons (Fsp3) is 0.235. The molecule has 0 aromatic heterocycles. The molecule has 2 N–H and O–H groups in total. The van der Waals surface area contributed by atoms with E-state index in [1.54, 1.807) is 7.05 Å². The molecular weight excluding hydrogens is 446 g/mol. The van der Waals surface area contributed by atoms with Crippen LogP contribution in [0.5, 0.6) is 5.75 Å². The Labute approximate surface area is 161 Å². The number of rotatable bonds is 6. The van der Waals surface area contributed by atoms with Crippen molar-refractivity contribution >= 4 is 29.9 Å². The molecule has 0 unspecified atom stereocenters. The predicted molar refractivity (Wildman–Crippen MR) is 102 cm³/mol. The van der Waals surface area contributed by atoms with Gasteiger partial charge in [-0.15, -0.1) is 24.0 Å². The summed E-state index contributed by atoms with van der Waals surface area (Å²) in [5, 5.41) is 5.95. The van der Waals surface area contributed by atoms with E-state index in [0.29, 0.717) is 12.5 Å². The van der Waals surface area contributed by atoms with Crippen molar-refractivity contribution < 1.29 is 17.9 Å². The molecule has 4 nitrogen and oxygen atoms in total. The highest BCUT2D eigenvalue weighted by atomic mass is 127. The summed E-state index contributed by atoms with van der Waals surface area (Å²) in [5.74, 6) is -0.403. The van der Waals surface area contributed by atoms with E-state index in [-0.39, 0.29) is 41.8 Å². The Balaban J connectivity index is 0.00000312. The first kappa shape index (κ1) is 21.1. The largest absolute Gasteiger partial charge is 0.434 e. The van der Waals surface area contributed by atoms with Gasteiger partial charge >= 0.3 is 6.61 Å².